The van der Waals surface area contributed by atoms with Gasteiger partial charge in [0, 0.05) is 33.2 Å². The maximum atomic E-state index is 14.2. The van der Waals surface area contributed by atoms with Crippen molar-refractivity contribution in [3.05, 3.63) is 93.7 Å². The molecule has 0 saturated carbocycles. The topological polar surface area (TPSA) is 93.5 Å². The predicted molar refractivity (Wildman–Crippen MR) is 128 cm³/mol. The molecule has 0 amide bonds. The molecule has 3 heterocycles. The van der Waals surface area contributed by atoms with Crippen LogP contribution >= 0.6 is 11.3 Å². The standard InChI is InChI=1S/C27H16F2N4OS/c1-27(2)22(21(15-32)26(34-27)17(13-30)14-31)7-4-19-5-8-25(35-19)16-9-10-33-24(11-16)20-6-3-18(28)12-23(20)29/h3-12H,1-2H3/b7-4+. The highest BCUT2D eigenvalue weighted by Gasteiger charge is 2.38. The molecule has 1 aromatic carbocycles. The fourth-order valence-electron chi connectivity index (χ4n) is 3.67. The lowest BCUT2D eigenvalue weighted by molar-refractivity contribution is 0.0954. The number of aromatic nitrogens is 1. The molecule has 170 valence electrons. The number of halogens is 2. The zero-order chi connectivity index (χ0) is 25.2. The monoisotopic (exact) mass is 482 g/mol. The van der Waals surface area contributed by atoms with Crippen molar-refractivity contribution in [3.63, 3.8) is 0 Å². The molecule has 35 heavy (non-hydrogen) atoms. The highest BCUT2D eigenvalue weighted by atomic mass is 32.1. The Balaban J connectivity index is 1.66. The summed E-state index contributed by atoms with van der Waals surface area (Å²) in [6.45, 7) is 3.52. The summed E-state index contributed by atoms with van der Waals surface area (Å²) in [6, 6.07) is 16.3. The number of thiophene rings is 1. The smallest absolute Gasteiger partial charge is 0.172 e. The maximum absolute atomic E-state index is 14.2. The number of hydrogen-bond donors (Lipinski definition) is 0. The minimum Gasteiger partial charge on any atom is -0.480 e. The molecule has 0 spiro atoms. The van der Waals surface area contributed by atoms with E-state index >= 15 is 0 Å². The van der Waals surface area contributed by atoms with Gasteiger partial charge in [0.25, 0.3) is 0 Å². The number of nitriles is 3. The van der Waals surface area contributed by atoms with Crippen molar-refractivity contribution in [2.45, 2.75) is 19.4 Å². The van der Waals surface area contributed by atoms with Crippen LogP contribution < -0.4 is 0 Å². The Morgan fingerprint density at radius 3 is 2.49 bits per heavy atom. The molecule has 5 nitrogen and oxygen atoms in total. The van der Waals surface area contributed by atoms with Crippen LogP contribution in [0.4, 0.5) is 8.78 Å². The lowest BCUT2D eigenvalue weighted by atomic mass is 9.94. The normalized spacial score (nSPS) is 14.4. The molecule has 0 fully saturated rings. The van der Waals surface area contributed by atoms with Crippen LogP contribution in [0, 0.1) is 45.6 Å². The Labute approximate surface area is 204 Å². The van der Waals surface area contributed by atoms with Gasteiger partial charge in [0.15, 0.2) is 11.3 Å². The van der Waals surface area contributed by atoms with E-state index in [9.17, 15) is 24.6 Å². The molecule has 0 unspecified atom stereocenters. The van der Waals surface area contributed by atoms with E-state index in [-0.39, 0.29) is 22.5 Å². The minimum absolute atomic E-state index is 0.00800. The summed E-state index contributed by atoms with van der Waals surface area (Å²) < 4.78 is 33.2. The van der Waals surface area contributed by atoms with Crippen molar-refractivity contribution in [2.24, 2.45) is 0 Å². The van der Waals surface area contributed by atoms with Gasteiger partial charge in [0.05, 0.1) is 5.69 Å². The number of nitrogens with zero attached hydrogens (tertiary/aromatic N) is 4. The van der Waals surface area contributed by atoms with Crippen molar-refractivity contribution >= 4 is 17.4 Å². The van der Waals surface area contributed by atoms with Crippen molar-refractivity contribution < 1.29 is 13.5 Å². The second kappa shape index (κ2) is 9.35. The summed E-state index contributed by atoms with van der Waals surface area (Å²) in [5, 5.41) is 28.0. The number of hydrogen-bond acceptors (Lipinski definition) is 6. The number of pyridine rings is 1. The highest BCUT2D eigenvalue weighted by molar-refractivity contribution is 7.16. The van der Waals surface area contributed by atoms with Gasteiger partial charge in [0.2, 0.25) is 0 Å². The maximum Gasteiger partial charge on any atom is 0.172 e. The van der Waals surface area contributed by atoms with E-state index in [2.05, 4.69) is 11.1 Å². The molecule has 0 atom stereocenters. The first kappa shape index (κ1) is 23.6. The van der Waals surface area contributed by atoms with Crippen LogP contribution in [0.2, 0.25) is 0 Å². The lowest BCUT2D eigenvalue weighted by Crippen LogP contribution is -2.20. The van der Waals surface area contributed by atoms with Crippen molar-refractivity contribution in [2.75, 3.05) is 0 Å². The zero-order valence-electron chi connectivity index (χ0n) is 18.6. The molecule has 0 saturated heterocycles. The predicted octanol–water partition coefficient (Wildman–Crippen LogP) is 6.70. The van der Waals surface area contributed by atoms with E-state index in [0.717, 1.165) is 21.4 Å². The summed E-state index contributed by atoms with van der Waals surface area (Å²) in [7, 11) is 0. The van der Waals surface area contributed by atoms with Crippen LogP contribution in [0.15, 0.2) is 77.2 Å². The van der Waals surface area contributed by atoms with E-state index in [1.165, 1.54) is 23.5 Å². The zero-order valence-corrected chi connectivity index (χ0v) is 19.5. The lowest BCUT2D eigenvalue weighted by Gasteiger charge is -2.20. The largest absolute Gasteiger partial charge is 0.480 e. The Kier molecular flexibility index (Phi) is 6.30. The first-order chi connectivity index (χ1) is 16.8. The average Bonchev–Trinajstić information content (AvgIpc) is 3.40. The first-order valence-electron chi connectivity index (χ1n) is 10.4. The SMILES string of the molecule is CC1(C)OC(=C(C#N)C#N)C(C#N)=C1/C=C/c1ccc(-c2ccnc(-c3ccc(F)cc3F)c2)s1. The van der Waals surface area contributed by atoms with E-state index in [0.29, 0.717) is 11.3 Å². The molecule has 1 aliphatic heterocycles. The van der Waals surface area contributed by atoms with Crippen molar-refractivity contribution in [1.29, 1.82) is 15.8 Å². The fraction of sp³-hybridized carbons (Fsp3) is 0.111. The van der Waals surface area contributed by atoms with E-state index in [1.807, 2.05) is 18.2 Å². The third-order valence-electron chi connectivity index (χ3n) is 5.36. The summed E-state index contributed by atoms with van der Waals surface area (Å²) in [6.07, 6.45) is 5.15. The third-order valence-corrected chi connectivity index (χ3v) is 6.46. The Bertz CT molecular complexity index is 1540. The molecular formula is C27H16F2N4OS. The number of allylic oxidation sites excluding steroid dienone is 2. The van der Waals surface area contributed by atoms with Gasteiger partial charge in [0.1, 0.15) is 41.0 Å². The van der Waals surface area contributed by atoms with Crippen LogP contribution in [0.1, 0.15) is 18.7 Å². The molecular weight excluding hydrogens is 466 g/mol. The molecule has 0 aliphatic carbocycles. The molecule has 4 rings (SSSR count). The molecule has 8 heteroatoms. The van der Waals surface area contributed by atoms with E-state index in [4.69, 9.17) is 4.74 Å². The first-order valence-corrected chi connectivity index (χ1v) is 11.2. The summed E-state index contributed by atoms with van der Waals surface area (Å²) >= 11 is 1.47. The molecule has 1 aliphatic rings. The average molecular weight is 483 g/mol. The highest BCUT2D eigenvalue weighted by Crippen LogP contribution is 2.41. The molecule has 2 aromatic heterocycles. The van der Waals surface area contributed by atoms with Gasteiger partial charge < -0.3 is 4.74 Å². The second-order valence-electron chi connectivity index (χ2n) is 8.03. The van der Waals surface area contributed by atoms with E-state index in [1.54, 1.807) is 50.4 Å². The van der Waals surface area contributed by atoms with Gasteiger partial charge in [-0.25, -0.2) is 8.78 Å². The Morgan fingerprint density at radius 1 is 1.03 bits per heavy atom. The van der Waals surface area contributed by atoms with Crippen LogP contribution in [0.5, 0.6) is 0 Å². The summed E-state index contributed by atoms with van der Waals surface area (Å²) in [5.74, 6) is -1.34. The van der Waals surface area contributed by atoms with Crippen LogP contribution in [0.3, 0.4) is 0 Å². The molecule has 0 N–H and O–H groups in total. The number of rotatable bonds is 4. The quantitative estimate of drug-likeness (QED) is 0.386. The van der Waals surface area contributed by atoms with Gasteiger partial charge in [-0.1, -0.05) is 6.08 Å². The molecule has 0 radical (unpaired) electrons. The second-order valence-corrected chi connectivity index (χ2v) is 9.15. The molecule has 3 aromatic rings. The van der Waals surface area contributed by atoms with Crippen molar-refractivity contribution in [1.82, 2.24) is 4.98 Å². The van der Waals surface area contributed by atoms with Gasteiger partial charge >= 0.3 is 0 Å². The van der Waals surface area contributed by atoms with Crippen molar-refractivity contribution in [3.8, 4) is 39.9 Å². The fourth-order valence-corrected chi connectivity index (χ4v) is 4.58. The molecule has 0 bridgehead atoms. The number of ether oxygens (including phenoxy) is 1. The van der Waals surface area contributed by atoms with E-state index < -0.39 is 17.2 Å². The summed E-state index contributed by atoms with van der Waals surface area (Å²) in [4.78, 5) is 6.00. The summed E-state index contributed by atoms with van der Waals surface area (Å²) in [5.41, 5.74) is 0.999. The van der Waals surface area contributed by atoms with Crippen LogP contribution in [0.25, 0.3) is 27.8 Å². The Morgan fingerprint density at radius 2 is 1.80 bits per heavy atom. The number of benzene rings is 1. The Hall–Kier alpha value is -4.58. The van der Waals surface area contributed by atoms with Gasteiger partial charge in [-0.3, -0.25) is 4.98 Å². The van der Waals surface area contributed by atoms with Crippen LogP contribution in [-0.2, 0) is 4.74 Å². The van der Waals surface area contributed by atoms with Gasteiger partial charge in [-0.15, -0.1) is 11.3 Å². The van der Waals surface area contributed by atoms with Gasteiger partial charge in [-0.05, 0) is 61.9 Å². The van der Waals surface area contributed by atoms with Gasteiger partial charge in [-0.2, -0.15) is 15.8 Å². The van der Waals surface area contributed by atoms with Crippen LogP contribution in [-0.4, -0.2) is 10.6 Å². The third kappa shape index (κ3) is 4.59. The minimum atomic E-state index is -0.894.